The zero-order chi connectivity index (χ0) is 11.1. The Labute approximate surface area is 93.2 Å². The van der Waals surface area contributed by atoms with Gasteiger partial charge in [-0.3, -0.25) is 5.43 Å². The van der Waals surface area contributed by atoms with Crippen LogP contribution < -0.4 is 10.2 Å². The van der Waals surface area contributed by atoms with Gasteiger partial charge in [-0.1, -0.05) is 0 Å². The Hall–Kier alpha value is -1.93. The molecule has 0 aliphatic heterocycles. The molecule has 1 aromatic carbocycles. The van der Waals surface area contributed by atoms with Crippen LogP contribution in [0.15, 0.2) is 29.4 Å². The molecule has 0 saturated heterocycles. The second-order valence-electron chi connectivity index (χ2n) is 2.58. The molecule has 0 aliphatic rings. The van der Waals surface area contributed by atoms with Crippen molar-refractivity contribution in [3.63, 3.8) is 0 Å². The van der Waals surface area contributed by atoms with E-state index in [0.717, 1.165) is 11.3 Å². The van der Waals surface area contributed by atoms with Crippen molar-refractivity contribution in [3.05, 3.63) is 29.8 Å². The van der Waals surface area contributed by atoms with E-state index in [-0.39, 0.29) is 4.99 Å². The van der Waals surface area contributed by atoms with E-state index in [1.165, 1.54) is 0 Å². The Morgan fingerprint density at radius 2 is 2.20 bits per heavy atom. The lowest BCUT2D eigenvalue weighted by molar-refractivity contribution is 0.415. The minimum absolute atomic E-state index is 0.0414. The van der Waals surface area contributed by atoms with Gasteiger partial charge in [-0.2, -0.15) is 10.4 Å². The predicted molar refractivity (Wildman–Crippen MR) is 61.9 cm³/mol. The molecule has 4 nitrogen and oxygen atoms in total. The molecule has 76 valence electrons. The van der Waals surface area contributed by atoms with Crippen LogP contribution in [0.25, 0.3) is 0 Å². The largest absolute Gasteiger partial charge is 0.497 e. The Bertz CT molecular complexity index is 406. The van der Waals surface area contributed by atoms with Crippen molar-refractivity contribution in [3.8, 4) is 11.8 Å². The van der Waals surface area contributed by atoms with Gasteiger partial charge in [-0.15, -0.1) is 0 Å². The van der Waals surface area contributed by atoms with Gasteiger partial charge < -0.3 is 4.74 Å². The molecule has 1 aromatic rings. The normalized spacial score (nSPS) is 9.60. The second kappa shape index (κ2) is 5.73. The molecule has 0 amide bonds. The molecule has 15 heavy (non-hydrogen) atoms. The van der Waals surface area contributed by atoms with Gasteiger partial charge in [0.25, 0.3) is 0 Å². The summed E-state index contributed by atoms with van der Waals surface area (Å²) in [7, 11) is 1.61. The van der Waals surface area contributed by atoms with Crippen LogP contribution in [0.5, 0.6) is 5.75 Å². The van der Waals surface area contributed by atoms with Crippen molar-refractivity contribution in [1.82, 2.24) is 5.43 Å². The van der Waals surface area contributed by atoms with Crippen molar-refractivity contribution in [2.24, 2.45) is 5.10 Å². The van der Waals surface area contributed by atoms with Gasteiger partial charge in [-0.25, -0.2) is 0 Å². The molecule has 0 aliphatic carbocycles. The van der Waals surface area contributed by atoms with Gasteiger partial charge in [-0.05, 0) is 42.0 Å². The summed E-state index contributed by atoms with van der Waals surface area (Å²) in [6.45, 7) is 0. The van der Waals surface area contributed by atoms with Crippen LogP contribution in [0, 0.1) is 11.3 Å². The number of hydrogen-bond acceptors (Lipinski definition) is 4. The van der Waals surface area contributed by atoms with Crippen LogP contribution in [-0.4, -0.2) is 18.3 Å². The third-order valence-electron chi connectivity index (χ3n) is 1.60. The van der Waals surface area contributed by atoms with Crippen LogP contribution in [0.1, 0.15) is 5.56 Å². The summed E-state index contributed by atoms with van der Waals surface area (Å²) in [6, 6.07) is 9.10. The molecule has 1 N–H and O–H groups in total. The SMILES string of the molecule is COc1ccc(/C=N/NC(=S)C#N)cc1. The first-order valence-corrected chi connectivity index (χ1v) is 4.54. The maximum Gasteiger partial charge on any atom is 0.198 e. The van der Waals surface area contributed by atoms with Gasteiger partial charge in [0.05, 0.1) is 13.3 Å². The average molecular weight is 219 g/mol. The van der Waals surface area contributed by atoms with Crippen molar-refractivity contribution in [2.75, 3.05) is 7.11 Å². The van der Waals surface area contributed by atoms with E-state index in [4.69, 9.17) is 10.00 Å². The highest BCUT2D eigenvalue weighted by Gasteiger charge is 1.91. The van der Waals surface area contributed by atoms with Crippen LogP contribution in [-0.2, 0) is 0 Å². The van der Waals surface area contributed by atoms with Crippen LogP contribution in [0.3, 0.4) is 0 Å². The quantitative estimate of drug-likeness (QED) is 0.475. The summed E-state index contributed by atoms with van der Waals surface area (Å²) in [5, 5.41) is 12.1. The molecule has 0 unspecified atom stereocenters. The summed E-state index contributed by atoms with van der Waals surface area (Å²) in [5.74, 6) is 0.785. The maximum absolute atomic E-state index is 8.36. The van der Waals surface area contributed by atoms with Gasteiger partial charge >= 0.3 is 0 Å². The van der Waals surface area contributed by atoms with E-state index < -0.39 is 0 Å². The van der Waals surface area contributed by atoms with Crippen LogP contribution in [0.2, 0.25) is 0 Å². The third kappa shape index (κ3) is 3.75. The first-order chi connectivity index (χ1) is 7.26. The summed E-state index contributed by atoms with van der Waals surface area (Å²) in [6.07, 6.45) is 1.57. The number of methoxy groups -OCH3 is 1. The lowest BCUT2D eigenvalue weighted by Gasteiger charge is -1.98. The zero-order valence-electron chi connectivity index (χ0n) is 8.10. The summed E-state index contributed by atoms with van der Waals surface area (Å²) >= 11 is 4.60. The molecule has 0 saturated carbocycles. The lowest BCUT2D eigenvalue weighted by atomic mass is 10.2. The highest BCUT2D eigenvalue weighted by Crippen LogP contribution is 2.09. The van der Waals surface area contributed by atoms with E-state index >= 15 is 0 Å². The molecule has 1 rings (SSSR count). The minimum atomic E-state index is 0.0414. The Morgan fingerprint density at radius 1 is 1.53 bits per heavy atom. The molecule has 0 fully saturated rings. The molecule has 0 radical (unpaired) electrons. The van der Waals surface area contributed by atoms with E-state index in [1.807, 2.05) is 24.3 Å². The molecule has 0 spiro atoms. The molecule has 0 heterocycles. The smallest absolute Gasteiger partial charge is 0.198 e. The summed E-state index contributed by atoms with van der Waals surface area (Å²) in [4.78, 5) is 0.0414. The predicted octanol–water partition coefficient (Wildman–Crippen LogP) is 1.47. The molecule has 5 heteroatoms. The number of rotatable bonds is 3. The van der Waals surface area contributed by atoms with Crippen LogP contribution in [0.4, 0.5) is 0 Å². The number of nitrogens with zero attached hydrogens (tertiary/aromatic N) is 2. The zero-order valence-corrected chi connectivity index (χ0v) is 8.91. The number of ether oxygens (including phenoxy) is 1. The highest BCUT2D eigenvalue weighted by atomic mass is 32.1. The topological polar surface area (TPSA) is 57.4 Å². The van der Waals surface area contributed by atoms with Crippen molar-refractivity contribution >= 4 is 23.4 Å². The highest BCUT2D eigenvalue weighted by molar-refractivity contribution is 7.80. The number of thiocarbonyl (C=S) groups is 1. The van der Waals surface area contributed by atoms with Crippen molar-refractivity contribution in [2.45, 2.75) is 0 Å². The third-order valence-corrected chi connectivity index (χ3v) is 1.78. The fourth-order valence-electron chi connectivity index (χ4n) is 0.880. The van der Waals surface area contributed by atoms with E-state index in [1.54, 1.807) is 19.4 Å². The van der Waals surface area contributed by atoms with E-state index in [2.05, 4.69) is 22.7 Å². The minimum Gasteiger partial charge on any atom is -0.497 e. The standard InChI is InChI=1S/C10H9N3OS/c1-14-9-4-2-8(3-5-9)7-12-13-10(15)6-11/h2-5,7H,1H3,(H,13,15)/b12-7+. The number of hydrogen-bond donors (Lipinski definition) is 1. The average Bonchev–Trinajstić information content (AvgIpc) is 2.29. The van der Waals surface area contributed by atoms with E-state index in [9.17, 15) is 0 Å². The van der Waals surface area contributed by atoms with Crippen molar-refractivity contribution in [1.29, 1.82) is 5.26 Å². The van der Waals surface area contributed by atoms with Crippen LogP contribution >= 0.6 is 12.2 Å². The monoisotopic (exact) mass is 219 g/mol. The molecule has 0 aromatic heterocycles. The number of hydrazone groups is 1. The lowest BCUT2D eigenvalue weighted by Crippen LogP contribution is -2.11. The van der Waals surface area contributed by atoms with E-state index in [0.29, 0.717) is 0 Å². The summed E-state index contributed by atoms with van der Waals surface area (Å²) < 4.78 is 5.01. The van der Waals surface area contributed by atoms with Gasteiger partial charge in [0.1, 0.15) is 11.8 Å². The fraction of sp³-hybridized carbons (Fsp3) is 0.100. The maximum atomic E-state index is 8.36. The first kappa shape index (κ1) is 11.1. The van der Waals surface area contributed by atoms with Gasteiger partial charge in [0.15, 0.2) is 4.99 Å². The number of benzene rings is 1. The summed E-state index contributed by atoms with van der Waals surface area (Å²) in [5.41, 5.74) is 3.31. The molecule has 0 atom stereocenters. The number of nitriles is 1. The number of nitrogens with one attached hydrogen (secondary N) is 1. The molecular formula is C10H9N3OS. The van der Waals surface area contributed by atoms with Crippen molar-refractivity contribution < 1.29 is 4.74 Å². The van der Waals surface area contributed by atoms with Gasteiger partial charge in [0.2, 0.25) is 0 Å². The molecular weight excluding hydrogens is 210 g/mol. The second-order valence-corrected chi connectivity index (χ2v) is 2.99. The Kier molecular flexibility index (Phi) is 4.26. The fourth-order valence-corrected chi connectivity index (χ4v) is 0.933. The molecule has 0 bridgehead atoms. The van der Waals surface area contributed by atoms with Gasteiger partial charge in [0, 0.05) is 0 Å². The Balaban J connectivity index is 2.58. The Morgan fingerprint density at radius 3 is 2.73 bits per heavy atom. The first-order valence-electron chi connectivity index (χ1n) is 4.13.